The van der Waals surface area contributed by atoms with Gasteiger partial charge >= 0.3 is 12.1 Å². The molecule has 1 aromatic rings. The molecule has 6 nitrogen and oxygen atoms in total. The number of nitrogens with zero attached hydrogens (tertiary/aromatic N) is 1. The zero-order chi connectivity index (χ0) is 15.1. The van der Waals surface area contributed by atoms with E-state index < -0.39 is 44.6 Å². The van der Waals surface area contributed by atoms with Gasteiger partial charge in [0, 0.05) is 0 Å². The SMILES string of the molecule is O=C(O)c1oc(C2CCCCS2(=O)=O)nc1C(F)(F)F. The van der Waals surface area contributed by atoms with Crippen molar-refractivity contribution in [2.75, 3.05) is 5.75 Å². The first-order valence-electron chi connectivity index (χ1n) is 5.65. The summed E-state index contributed by atoms with van der Waals surface area (Å²) in [5.41, 5.74) is -1.71. The van der Waals surface area contributed by atoms with E-state index in [9.17, 15) is 26.4 Å². The molecule has 0 aliphatic carbocycles. The molecule has 0 radical (unpaired) electrons. The Morgan fingerprint density at radius 1 is 1.35 bits per heavy atom. The highest BCUT2D eigenvalue weighted by molar-refractivity contribution is 7.91. The minimum absolute atomic E-state index is 0.0687. The average Bonchev–Trinajstić information content (AvgIpc) is 2.72. The molecule has 1 aromatic heterocycles. The minimum atomic E-state index is -5.02. The van der Waals surface area contributed by atoms with E-state index in [1.807, 2.05) is 0 Å². The summed E-state index contributed by atoms with van der Waals surface area (Å²) in [6.07, 6.45) is -4.04. The van der Waals surface area contributed by atoms with Crippen LogP contribution in [0.1, 0.15) is 46.7 Å². The lowest BCUT2D eigenvalue weighted by Crippen LogP contribution is -2.22. The van der Waals surface area contributed by atoms with Crippen molar-refractivity contribution in [2.45, 2.75) is 30.7 Å². The third kappa shape index (κ3) is 2.65. The maximum atomic E-state index is 12.6. The molecule has 0 bridgehead atoms. The van der Waals surface area contributed by atoms with Crippen LogP contribution in [-0.2, 0) is 16.0 Å². The van der Waals surface area contributed by atoms with Crippen LogP contribution in [0.4, 0.5) is 13.2 Å². The van der Waals surface area contributed by atoms with E-state index in [4.69, 9.17) is 5.11 Å². The fourth-order valence-corrected chi connectivity index (χ4v) is 3.87. The van der Waals surface area contributed by atoms with Gasteiger partial charge in [-0.1, -0.05) is 6.42 Å². The van der Waals surface area contributed by atoms with Crippen LogP contribution in [-0.4, -0.2) is 30.2 Å². The number of carboxylic acid groups (broad SMARTS) is 1. The number of oxazole rings is 1. The van der Waals surface area contributed by atoms with Crippen LogP contribution in [0, 0.1) is 0 Å². The van der Waals surface area contributed by atoms with Crippen molar-refractivity contribution in [3.63, 3.8) is 0 Å². The second-order valence-corrected chi connectivity index (χ2v) is 6.69. The third-order valence-electron chi connectivity index (χ3n) is 2.96. The smallest absolute Gasteiger partial charge is 0.437 e. The van der Waals surface area contributed by atoms with Crippen molar-refractivity contribution < 1.29 is 35.9 Å². The number of aromatic nitrogens is 1. The molecular formula is C10H10F3NO5S. The van der Waals surface area contributed by atoms with Crippen LogP contribution in [0.25, 0.3) is 0 Å². The Labute approximate surface area is 111 Å². The zero-order valence-electron chi connectivity index (χ0n) is 9.98. The predicted octanol–water partition coefficient (Wildman–Crippen LogP) is 2.03. The Balaban J connectivity index is 2.51. The molecule has 1 fully saturated rings. The monoisotopic (exact) mass is 313 g/mol. The van der Waals surface area contributed by atoms with Crippen LogP contribution in [0.5, 0.6) is 0 Å². The second kappa shape index (κ2) is 4.76. The van der Waals surface area contributed by atoms with E-state index in [1.54, 1.807) is 0 Å². The second-order valence-electron chi connectivity index (χ2n) is 4.38. The summed E-state index contributed by atoms with van der Waals surface area (Å²) in [6, 6.07) is 0. The van der Waals surface area contributed by atoms with E-state index in [2.05, 4.69) is 9.40 Å². The molecule has 0 aromatic carbocycles. The highest BCUT2D eigenvalue weighted by Crippen LogP contribution is 2.37. The molecule has 2 heterocycles. The number of hydrogen-bond acceptors (Lipinski definition) is 5. The van der Waals surface area contributed by atoms with Crippen LogP contribution in [0.15, 0.2) is 4.42 Å². The highest BCUT2D eigenvalue weighted by Gasteiger charge is 2.44. The minimum Gasteiger partial charge on any atom is -0.475 e. The lowest BCUT2D eigenvalue weighted by molar-refractivity contribution is -0.141. The molecule has 10 heteroatoms. The quantitative estimate of drug-likeness (QED) is 0.897. The molecule has 1 saturated heterocycles. The number of alkyl halides is 3. The zero-order valence-corrected chi connectivity index (χ0v) is 10.8. The third-order valence-corrected chi connectivity index (χ3v) is 5.12. The van der Waals surface area contributed by atoms with Crippen molar-refractivity contribution in [3.05, 3.63) is 17.3 Å². The first-order valence-corrected chi connectivity index (χ1v) is 7.37. The fourth-order valence-electron chi connectivity index (χ4n) is 2.04. The van der Waals surface area contributed by atoms with E-state index >= 15 is 0 Å². The normalized spacial score (nSPS) is 22.6. The number of rotatable bonds is 2. The first-order chi connectivity index (χ1) is 9.13. The number of halogens is 3. The molecule has 1 unspecified atom stereocenters. The maximum Gasteiger partial charge on any atom is 0.437 e. The van der Waals surface area contributed by atoms with E-state index in [1.165, 1.54) is 0 Å². The van der Waals surface area contributed by atoms with E-state index in [-0.39, 0.29) is 12.2 Å². The predicted molar refractivity (Wildman–Crippen MR) is 58.8 cm³/mol. The Bertz CT molecular complexity index is 634. The Hall–Kier alpha value is -1.58. The number of aromatic carboxylic acids is 1. The van der Waals surface area contributed by atoms with Gasteiger partial charge in [0.05, 0.1) is 5.75 Å². The van der Waals surface area contributed by atoms with Gasteiger partial charge < -0.3 is 9.52 Å². The van der Waals surface area contributed by atoms with Crippen molar-refractivity contribution in [1.29, 1.82) is 0 Å². The van der Waals surface area contributed by atoms with Gasteiger partial charge in [-0.2, -0.15) is 13.2 Å². The van der Waals surface area contributed by atoms with Gasteiger partial charge in [0.2, 0.25) is 11.7 Å². The molecule has 1 aliphatic heterocycles. The van der Waals surface area contributed by atoms with Gasteiger partial charge in [-0.05, 0) is 12.8 Å². The summed E-state index contributed by atoms with van der Waals surface area (Å²) in [4.78, 5) is 13.8. The summed E-state index contributed by atoms with van der Waals surface area (Å²) < 4.78 is 66.1. The highest BCUT2D eigenvalue weighted by atomic mass is 32.2. The summed E-state index contributed by atoms with van der Waals surface area (Å²) in [5, 5.41) is 7.37. The molecule has 1 N–H and O–H groups in total. The van der Waals surface area contributed by atoms with Crippen LogP contribution in [0.3, 0.4) is 0 Å². The van der Waals surface area contributed by atoms with Gasteiger partial charge in [0.25, 0.3) is 0 Å². The van der Waals surface area contributed by atoms with Crippen LogP contribution < -0.4 is 0 Å². The Kier molecular flexibility index (Phi) is 3.53. The van der Waals surface area contributed by atoms with Crippen LogP contribution >= 0.6 is 0 Å². The van der Waals surface area contributed by atoms with Gasteiger partial charge in [-0.25, -0.2) is 18.2 Å². The van der Waals surface area contributed by atoms with Crippen molar-refractivity contribution in [1.82, 2.24) is 4.98 Å². The van der Waals surface area contributed by atoms with Crippen molar-refractivity contribution in [3.8, 4) is 0 Å². The summed E-state index contributed by atoms with van der Waals surface area (Å²) in [7, 11) is -3.67. The molecule has 20 heavy (non-hydrogen) atoms. The molecule has 112 valence electrons. The van der Waals surface area contributed by atoms with Crippen LogP contribution in [0.2, 0.25) is 0 Å². The number of sulfone groups is 1. The van der Waals surface area contributed by atoms with Crippen molar-refractivity contribution in [2.24, 2.45) is 0 Å². The number of carboxylic acids is 1. The molecule has 2 rings (SSSR count). The van der Waals surface area contributed by atoms with E-state index in [0.717, 1.165) is 0 Å². The summed E-state index contributed by atoms with van der Waals surface area (Å²) >= 11 is 0. The molecular weight excluding hydrogens is 303 g/mol. The lowest BCUT2D eigenvalue weighted by Gasteiger charge is -2.18. The number of hydrogen-bond donors (Lipinski definition) is 1. The van der Waals surface area contributed by atoms with E-state index in [0.29, 0.717) is 12.8 Å². The fraction of sp³-hybridized carbons (Fsp3) is 0.600. The standard InChI is InChI=1S/C10H10F3NO5S/c11-10(12,13)7-6(9(15)16)19-8(14-7)5-3-1-2-4-20(5,17)18/h5H,1-4H2,(H,15,16). The van der Waals surface area contributed by atoms with Crippen molar-refractivity contribution >= 4 is 15.8 Å². The van der Waals surface area contributed by atoms with Gasteiger partial charge in [0.1, 0.15) is 5.25 Å². The topological polar surface area (TPSA) is 97.5 Å². The largest absolute Gasteiger partial charge is 0.475 e. The maximum absolute atomic E-state index is 12.6. The molecule has 1 aliphatic rings. The summed E-state index contributed by atoms with van der Waals surface area (Å²) in [6.45, 7) is 0. The Morgan fingerprint density at radius 3 is 2.45 bits per heavy atom. The number of carbonyl (C=O) groups is 1. The first kappa shape index (κ1) is 14.8. The molecule has 0 spiro atoms. The summed E-state index contributed by atoms with van der Waals surface area (Å²) in [5.74, 6) is -4.20. The molecule has 0 amide bonds. The molecule has 0 saturated carbocycles. The van der Waals surface area contributed by atoms with Gasteiger partial charge in [0.15, 0.2) is 15.5 Å². The molecule has 1 atom stereocenters. The Morgan fingerprint density at radius 2 is 2.00 bits per heavy atom. The average molecular weight is 313 g/mol. The van der Waals surface area contributed by atoms with Gasteiger partial charge in [-0.15, -0.1) is 0 Å². The lowest BCUT2D eigenvalue weighted by atomic mass is 10.2. The van der Waals surface area contributed by atoms with Gasteiger partial charge in [-0.3, -0.25) is 0 Å².